The van der Waals surface area contributed by atoms with Gasteiger partial charge in [-0.25, -0.2) is 4.39 Å². The molecule has 0 amide bonds. The van der Waals surface area contributed by atoms with Crippen LogP contribution in [-0.2, 0) is 5.41 Å². The standard InChI is InChI=1S/C18H20ClFO/c1-4-18(2,3)13-10-8-12(9-11-13)17(21)14-6-5-7-15(19)16(14)20/h5-11,17,21H,4H2,1-3H3. The van der Waals surface area contributed by atoms with Gasteiger partial charge in [-0.2, -0.15) is 0 Å². The van der Waals surface area contributed by atoms with Crippen LogP contribution in [0.3, 0.4) is 0 Å². The van der Waals surface area contributed by atoms with Crippen LogP contribution < -0.4 is 0 Å². The number of aliphatic hydroxyl groups is 1. The molecule has 1 nitrogen and oxygen atoms in total. The Kier molecular flexibility index (Phi) is 4.70. The Bertz CT molecular complexity index is 620. The van der Waals surface area contributed by atoms with E-state index in [1.54, 1.807) is 12.1 Å². The maximum atomic E-state index is 14.0. The summed E-state index contributed by atoms with van der Waals surface area (Å²) in [6.07, 6.45) is 0.0140. The van der Waals surface area contributed by atoms with Crippen molar-refractivity contribution in [1.29, 1.82) is 0 Å². The van der Waals surface area contributed by atoms with E-state index in [-0.39, 0.29) is 16.0 Å². The lowest BCUT2D eigenvalue weighted by molar-refractivity contribution is 0.215. The Morgan fingerprint density at radius 3 is 2.33 bits per heavy atom. The van der Waals surface area contributed by atoms with Crippen molar-refractivity contribution < 1.29 is 9.50 Å². The molecular weight excluding hydrogens is 287 g/mol. The molecule has 1 atom stereocenters. The van der Waals surface area contributed by atoms with Gasteiger partial charge in [-0.15, -0.1) is 0 Å². The van der Waals surface area contributed by atoms with Crippen molar-refractivity contribution in [3.8, 4) is 0 Å². The van der Waals surface area contributed by atoms with Crippen LogP contribution in [0.1, 0.15) is 50.0 Å². The summed E-state index contributed by atoms with van der Waals surface area (Å²) >= 11 is 5.76. The molecule has 2 rings (SSSR count). The molecule has 0 fully saturated rings. The van der Waals surface area contributed by atoms with Crippen LogP contribution in [-0.4, -0.2) is 5.11 Å². The lowest BCUT2D eigenvalue weighted by Crippen LogP contribution is -2.15. The van der Waals surface area contributed by atoms with E-state index in [1.807, 2.05) is 24.3 Å². The quantitative estimate of drug-likeness (QED) is 0.818. The fraction of sp³-hybridized carbons (Fsp3) is 0.333. The third kappa shape index (κ3) is 3.28. The summed E-state index contributed by atoms with van der Waals surface area (Å²) in [6.45, 7) is 6.49. The number of benzene rings is 2. The maximum Gasteiger partial charge on any atom is 0.147 e. The molecule has 0 aliphatic heterocycles. The van der Waals surface area contributed by atoms with E-state index in [0.717, 1.165) is 6.42 Å². The zero-order chi connectivity index (χ0) is 15.6. The molecule has 0 aromatic heterocycles. The lowest BCUT2D eigenvalue weighted by Gasteiger charge is -2.24. The average Bonchev–Trinajstić information content (AvgIpc) is 2.49. The van der Waals surface area contributed by atoms with Gasteiger partial charge in [0.1, 0.15) is 11.9 Å². The molecule has 3 heteroatoms. The van der Waals surface area contributed by atoms with E-state index in [0.29, 0.717) is 5.56 Å². The summed E-state index contributed by atoms with van der Waals surface area (Å²) < 4.78 is 14.0. The zero-order valence-corrected chi connectivity index (χ0v) is 13.3. The summed E-state index contributed by atoms with van der Waals surface area (Å²) in [7, 11) is 0. The van der Waals surface area contributed by atoms with Gasteiger partial charge in [-0.05, 0) is 29.0 Å². The molecule has 21 heavy (non-hydrogen) atoms. The topological polar surface area (TPSA) is 20.2 Å². The second-order valence-electron chi connectivity index (χ2n) is 5.91. The van der Waals surface area contributed by atoms with Crippen LogP contribution in [0.4, 0.5) is 4.39 Å². The molecule has 0 aliphatic rings. The fourth-order valence-electron chi connectivity index (χ4n) is 2.23. The van der Waals surface area contributed by atoms with Crippen molar-refractivity contribution >= 4 is 11.6 Å². The first-order chi connectivity index (χ1) is 9.86. The van der Waals surface area contributed by atoms with Crippen LogP contribution >= 0.6 is 11.6 Å². The lowest BCUT2D eigenvalue weighted by atomic mass is 9.81. The summed E-state index contributed by atoms with van der Waals surface area (Å²) in [6, 6.07) is 12.3. The van der Waals surface area contributed by atoms with Gasteiger partial charge in [0.2, 0.25) is 0 Å². The second kappa shape index (κ2) is 6.17. The first kappa shape index (κ1) is 16.0. The van der Waals surface area contributed by atoms with E-state index in [4.69, 9.17) is 11.6 Å². The number of halogens is 2. The average molecular weight is 307 g/mol. The predicted molar refractivity (Wildman–Crippen MR) is 85.2 cm³/mol. The number of rotatable bonds is 4. The number of hydrogen-bond acceptors (Lipinski definition) is 1. The molecule has 2 aromatic rings. The highest BCUT2D eigenvalue weighted by Gasteiger charge is 2.20. The van der Waals surface area contributed by atoms with Gasteiger partial charge < -0.3 is 5.11 Å². The van der Waals surface area contributed by atoms with E-state index in [1.165, 1.54) is 11.6 Å². The first-order valence-corrected chi connectivity index (χ1v) is 7.47. The van der Waals surface area contributed by atoms with Crippen molar-refractivity contribution in [2.75, 3.05) is 0 Å². The van der Waals surface area contributed by atoms with Crippen LogP contribution in [0, 0.1) is 5.82 Å². The number of aliphatic hydroxyl groups excluding tert-OH is 1. The van der Waals surface area contributed by atoms with Crippen molar-refractivity contribution in [2.45, 2.75) is 38.7 Å². The Balaban J connectivity index is 2.32. The Labute approximate surface area is 130 Å². The Hall–Kier alpha value is -1.38. The molecule has 0 radical (unpaired) electrons. The maximum absolute atomic E-state index is 14.0. The third-order valence-corrected chi connectivity index (χ3v) is 4.46. The van der Waals surface area contributed by atoms with Gasteiger partial charge in [-0.1, -0.05) is 68.8 Å². The van der Waals surface area contributed by atoms with Crippen LogP contribution in [0.2, 0.25) is 5.02 Å². The van der Waals surface area contributed by atoms with E-state index in [9.17, 15) is 9.50 Å². The molecular formula is C18H20ClFO. The predicted octanol–water partition coefficient (Wildman–Crippen LogP) is 5.25. The summed E-state index contributed by atoms with van der Waals surface area (Å²) in [5, 5.41) is 10.4. The second-order valence-corrected chi connectivity index (χ2v) is 6.31. The minimum absolute atomic E-state index is 0.0234. The molecule has 0 saturated carbocycles. The Morgan fingerprint density at radius 2 is 1.76 bits per heavy atom. The van der Waals surface area contributed by atoms with E-state index in [2.05, 4.69) is 20.8 Å². The smallest absolute Gasteiger partial charge is 0.147 e. The van der Waals surface area contributed by atoms with E-state index < -0.39 is 11.9 Å². The highest BCUT2D eigenvalue weighted by Crippen LogP contribution is 2.31. The highest BCUT2D eigenvalue weighted by molar-refractivity contribution is 6.30. The van der Waals surface area contributed by atoms with Gasteiger partial charge in [0, 0.05) is 5.56 Å². The van der Waals surface area contributed by atoms with Crippen molar-refractivity contribution in [3.05, 3.63) is 70.0 Å². The third-order valence-electron chi connectivity index (χ3n) is 4.17. The van der Waals surface area contributed by atoms with Gasteiger partial charge in [0.15, 0.2) is 0 Å². The highest BCUT2D eigenvalue weighted by atomic mass is 35.5. The molecule has 0 saturated heterocycles. The molecule has 1 N–H and O–H groups in total. The monoisotopic (exact) mass is 306 g/mol. The first-order valence-electron chi connectivity index (χ1n) is 7.09. The minimum atomic E-state index is -1.01. The summed E-state index contributed by atoms with van der Waals surface area (Å²) in [5.41, 5.74) is 2.15. The molecule has 0 bridgehead atoms. The van der Waals surface area contributed by atoms with Crippen LogP contribution in [0.25, 0.3) is 0 Å². The summed E-state index contributed by atoms with van der Waals surface area (Å²) in [4.78, 5) is 0. The molecule has 1 unspecified atom stereocenters. The zero-order valence-electron chi connectivity index (χ0n) is 12.5. The summed E-state index contributed by atoms with van der Waals surface area (Å²) in [5.74, 6) is -0.565. The fourth-order valence-corrected chi connectivity index (χ4v) is 2.41. The van der Waals surface area contributed by atoms with Crippen molar-refractivity contribution in [3.63, 3.8) is 0 Å². The number of hydrogen-bond donors (Lipinski definition) is 1. The molecule has 0 aliphatic carbocycles. The SMILES string of the molecule is CCC(C)(C)c1ccc(C(O)c2cccc(Cl)c2F)cc1. The van der Waals surface area contributed by atoms with Gasteiger partial charge >= 0.3 is 0 Å². The molecule has 0 heterocycles. The van der Waals surface area contributed by atoms with Crippen LogP contribution in [0.5, 0.6) is 0 Å². The molecule has 0 spiro atoms. The van der Waals surface area contributed by atoms with Crippen molar-refractivity contribution in [2.24, 2.45) is 0 Å². The minimum Gasteiger partial charge on any atom is -0.384 e. The van der Waals surface area contributed by atoms with Gasteiger partial charge in [0.05, 0.1) is 5.02 Å². The van der Waals surface area contributed by atoms with Gasteiger partial charge in [-0.3, -0.25) is 0 Å². The molecule has 2 aromatic carbocycles. The normalized spacial score (nSPS) is 13.2. The van der Waals surface area contributed by atoms with Crippen molar-refractivity contribution in [1.82, 2.24) is 0 Å². The largest absolute Gasteiger partial charge is 0.384 e. The van der Waals surface area contributed by atoms with Crippen LogP contribution in [0.15, 0.2) is 42.5 Å². The Morgan fingerprint density at radius 1 is 1.14 bits per heavy atom. The van der Waals surface area contributed by atoms with Gasteiger partial charge in [0.25, 0.3) is 0 Å². The molecule has 112 valence electrons. The van der Waals surface area contributed by atoms with E-state index >= 15 is 0 Å².